The van der Waals surface area contributed by atoms with Gasteiger partial charge in [0.05, 0.1) is 24.1 Å². The van der Waals surface area contributed by atoms with E-state index in [2.05, 4.69) is 30.2 Å². The molecule has 3 heterocycles. The lowest BCUT2D eigenvalue weighted by atomic mass is 10.3. The number of urea groups is 1. The highest BCUT2D eigenvalue weighted by Gasteiger charge is 2.22. The normalized spacial score (nSPS) is 14.7. The van der Waals surface area contributed by atoms with Crippen molar-refractivity contribution in [3.05, 3.63) is 42.2 Å². The zero-order valence-corrected chi connectivity index (χ0v) is 13.0. The summed E-state index contributed by atoms with van der Waals surface area (Å²) in [5, 5.41) is 2.88. The Morgan fingerprint density at radius 1 is 1.09 bits per heavy atom. The number of aryl methyl sites for hydroxylation is 1. The van der Waals surface area contributed by atoms with Gasteiger partial charge in [-0.25, -0.2) is 14.8 Å². The molecule has 1 fully saturated rings. The summed E-state index contributed by atoms with van der Waals surface area (Å²) in [5.41, 5.74) is 1.61. The van der Waals surface area contributed by atoms with E-state index in [-0.39, 0.29) is 6.03 Å². The standard InChI is InChI=1S/C15H19N7O/c1-12-9-19-13(10-18-12)11-20-15(23)22-7-5-21(6-8-22)14-16-3-2-4-17-14/h2-4,9-10H,5-8,11H2,1H3,(H,20,23). The number of anilines is 1. The number of carbonyl (C=O) groups is 1. The molecule has 0 bridgehead atoms. The molecule has 0 radical (unpaired) electrons. The van der Waals surface area contributed by atoms with Crippen molar-refractivity contribution in [2.24, 2.45) is 0 Å². The van der Waals surface area contributed by atoms with Gasteiger partial charge in [-0.05, 0) is 13.0 Å². The molecular formula is C15H19N7O. The van der Waals surface area contributed by atoms with Gasteiger partial charge in [-0.3, -0.25) is 9.97 Å². The van der Waals surface area contributed by atoms with Crippen LogP contribution in [0.3, 0.4) is 0 Å². The van der Waals surface area contributed by atoms with E-state index in [1.165, 1.54) is 0 Å². The number of nitrogens with zero attached hydrogens (tertiary/aromatic N) is 6. The van der Waals surface area contributed by atoms with Crippen molar-refractivity contribution in [2.75, 3.05) is 31.1 Å². The predicted molar refractivity (Wildman–Crippen MR) is 84.8 cm³/mol. The lowest BCUT2D eigenvalue weighted by Crippen LogP contribution is -2.52. The first kappa shape index (κ1) is 15.1. The van der Waals surface area contributed by atoms with Gasteiger partial charge in [0.1, 0.15) is 0 Å². The van der Waals surface area contributed by atoms with Crippen molar-refractivity contribution in [1.29, 1.82) is 0 Å². The van der Waals surface area contributed by atoms with Crippen LogP contribution in [-0.4, -0.2) is 57.0 Å². The van der Waals surface area contributed by atoms with E-state index >= 15 is 0 Å². The van der Waals surface area contributed by atoms with E-state index in [1.807, 2.05) is 6.92 Å². The van der Waals surface area contributed by atoms with Gasteiger partial charge >= 0.3 is 6.03 Å². The first-order chi connectivity index (χ1) is 11.2. The average Bonchev–Trinajstić information content (AvgIpc) is 2.62. The number of rotatable bonds is 3. The van der Waals surface area contributed by atoms with Crippen LogP contribution in [0.2, 0.25) is 0 Å². The van der Waals surface area contributed by atoms with Crippen LogP contribution in [0.5, 0.6) is 0 Å². The Labute approximate surface area is 134 Å². The number of amides is 2. The fourth-order valence-corrected chi connectivity index (χ4v) is 2.35. The maximum absolute atomic E-state index is 12.2. The molecule has 0 atom stereocenters. The molecule has 8 heteroatoms. The molecule has 0 unspecified atom stereocenters. The minimum absolute atomic E-state index is 0.0824. The summed E-state index contributed by atoms with van der Waals surface area (Å²) in [6.45, 7) is 5.00. The SMILES string of the molecule is Cc1cnc(CNC(=O)N2CCN(c3ncccn3)CC2)cn1. The van der Waals surface area contributed by atoms with E-state index in [1.54, 1.807) is 35.8 Å². The molecule has 1 aliphatic rings. The van der Waals surface area contributed by atoms with Crippen LogP contribution in [0, 0.1) is 6.92 Å². The van der Waals surface area contributed by atoms with Crippen LogP contribution in [0.4, 0.5) is 10.7 Å². The van der Waals surface area contributed by atoms with E-state index in [0.717, 1.165) is 24.5 Å². The van der Waals surface area contributed by atoms with Gasteiger partial charge in [-0.2, -0.15) is 0 Å². The minimum atomic E-state index is -0.0824. The number of hydrogen-bond donors (Lipinski definition) is 1. The van der Waals surface area contributed by atoms with Gasteiger partial charge in [0.2, 0.25) is 5.95 Å². The number of nitrogens with one attached hydrogen (secondary N) is 1. The van der Waals surface area contributed by atoms with Crippen LogP contribution in [0.25, 0.3) is 0 Å². The Kier molecular flexibility index (Phi) is 4.60. The third kappa shape index (κ3) is 3.91. The average molecular weight is 313 g/mol. The second kappa shape index (κ2) is 6.99. The van der Waals surface area contributed by atoms with Crippen LogP contribution < -0.4 is 10.2 Å². The quantitative estimate of drug-likeness (QED) is 0.893. The molecule has 120 valence electrons. The molecule has 2 aromatic heterocycles. The Bertz CT molecular complexity index is 639. The van der Waals surface area contributed by atoms with Gasteiger partial charge in [0.15, 0.2) is 0 Å². The molecule has 0 spiro atoms. The summed E-state index contributed by atoms with van der Waals surface area (Å²) in [4.78, 5) is 32.9. The van der Waals surface area contributed by atoms with Gasteiger partial charge in [-0.1, -0.05) is 0 Å². The number of piperazine rings is 1. The highest BCUT2D eigenvalue weighted by molar-refractivity contribution is 5.74. The molecule has 23 heavy (non-hydrogen) atoms. The molecule has 1 saturated heterocycles. The van der Waals surface area contributed by atoms with Crippen LogP contribution >= 0.6 is 0 Å². The molecule has 0 aromatic carbocycles. The molecule has 0 aliphatic carbocycles. The Hall–Kier alpha value is -2.77. The first-order valence-electron chi connectivity index (χ1n) is 7.54. The predicted octanol–water partition coefficient (Wildman–Crippen LogP) is 0.607. The highest BCUT2D eigenvalue weighted by atomic mass is 16.2. The zero-order valence-electron chi connectivity index (χ0n) is 13.0. The van der Waals surface area contributed by atoms with E-state index in [9.17, 15) is 4.79 Å². The van der Waals surface area contributed by atoms with Crippen LogP contribution in [0.1, 0.15) is 11.4 Å². The molecule has 2 aromatic rings. The third-order valence-corrected chi connectivity index (χ3v) is 3.66. The van der Waals surface area contributed by atoms with Gasteiger partial charge in [0.25, 0.3) is 0 Å². The van der Waals surface area contributed by atoms with Crippen molar-refractivity contribution in [3.63, 3.8) is 0 Å². The summed E-state index contributed by atoms with van der Waals surface area (Å²) in [6.07, 6.45) is 6.83. The minimum Gasteiger partial charge on any atom is -0.337 e. The van der Waals surface area contributed by atoms with Crippen molar-refractivity contribution in [3.8, 4) is 0 Å². The Morgan fingerprint density at radius 3 is 2.48 bits per heavy atom. The van der Waals surface area contributed by atoms with E-state index in [0.29, 0.717) is 25.6 Å². The van der Waals surface area contributed by atoms with Crippen LogP contribution in [-0.2, 0) is 6.54 Å². The second-order valence-electron chi connectivity index (χ2n) is 5.33. The largest absolute Gasteiger partial charge is 0.337 e. The lowest BCUT2D eigenvalue weighted by molar-refractivity contribution is 0.193. The fourth-order valence-electron chi connectivity index (χ4n) is 2.35. The van der Waals surface area contributed by atoms with Crippen LogP contribution in [0.15, 0.2) is 30.9 Å². The van der Waals surface area contributed by atoms with E-state index in [4.69, 9.17) is 0 Å². The molecule has 3 rings (SSSR count). The highest BCUT2D eigenvalue weighted by Crippen LogP contribution is 2.09. The summed E-state index contributed by atoms with van der Waals surface area (Å²) in [7, 11) is 0. The zero-order chi connectivity index (χ0) is 16.1. The summed E-state index contributed by atoms with van der Waals surface area (Å²) >= 11 is 0. The smallest absolute Gasteiger partial charge is 0.317 e. The van der Waals surface area contributed by atoms with Crippen molar-refractivity contribution >= 4 is 12.0 Å². The second-order valence-corrected chi connectivity index (χ2v) is 5.33. The van der Waals surface area contributed by atoms with Crippen molar-refractivity contribution < 1.29 is 4.79 Å². The molecule has 8 nitrogen and oxygen atoms in total. The Morgan fingerprint density at radius 2 is 1.83 bits per heavy atom. The Balaban J connectivity index is 1.47. The summed E-state index contributed by atoms with van der Waals surface area (Å²) in [5.74, 6) is 0.711. The van der Waals surface area contributed by atoms with E-state index < -0.39 is 0 Å². The van der Waals surface area contributed by atoms with Gasteiger partial charge < -0.3 is 15.1 Å². The maximum Gasteiger partial charge on any atom is 0.317 e. The van der Waals surface area contributed by atoms with Gasteiger partial charge in [-0.15, -0.1) is 0 Å². The number of aromatic nitrogens is 4. The summed E-state index contributed by atoms with van der Waals surface area (Å²) in [6, 6.07) is 1.71. The monoisotopic (exact) mass is 313 g/mol. The summed E-state index contributed by atoms with van der Waals surface area (Å²) < 4.78 is 0. The number of carbonyl (C=O) groups excluding carboxylic acids is 1. The molecule has 0 saturated carbocycles. The van der Waals surface area contributed by atoms with Crippen molar-refractivity contribution in [1.82, 2.24) is 30.2 Å². The fraction of sp³-hybridized carbons (Fsp3) is 0.400. The third-order valence-electron chi connectivity index (χ3n) is 3.66. The van der Waals surface area contributed by atoms with Crippen molar-refractivity contribution in [2.45, 2.75) is 13.5 Å². The first-order valence-corrected chi connectivity index (χ1v) is 7.54. The molecule has 1 aliphatic heterocycles. The molecule has 1 N–H and O–H groups in total. The molecule has 2 amide bonds. The molecular weight excluding hydrogens is 294 g/mol. The van der Waals surface area contributed by atoms with Gasteiger partial charge in [0, 0.05) is 44.8 Å². The lowest BCUT2D eigenvalue weighted by Gasteiger charge is -2.34. The maximum atomic E-state index is 12.2. The number of hydrogen-bond acceptors (Lipinski definition) is 6. The topological polar surface area (TPSA) is 87.1 Å².